The summed E-state index contributed by atoms with van der Waals surface area (Å²) in [6.07, 6.45) is 0.239. The van der Waals surface area contributed by atoms with Gasteiger partial charge in [-0.2, -0.15) is 0 Å². The molecule has 0 aromatic rings. The van der Waals surface area contributed by atoms with E-state index in [1.54, 1.807) is 0 Å². The van der Waals surface area contributed by atoms with Crippen LogP contribution in [-0.4, -0.2) is 38.7 Å². The number of carbonyl (C=O) groups excluding carboxylic acids is 1. The third-order valence-electron chi connectivity index (χ3n) is 3.02. The van der Waals surface area contributed by atoms with Gasteiger partial charge in [0.05, 0.1) is 6.61 Å². The molecule has 17 heavy (non-hydrogen) atoms. The highest BCUT2D eigenvalue weighted by atomic mass is 28.4. The van der Waals surface area contributed by atoms with Crippen molar-refractivity contribution in [2.75, 3.05) is 13.2 Å². The fourth-order valence-corrected chi connectivity index (χ4v) is 1.82. The molecule has 1 atom stereocenters. The Balaban J connectivity index is 4.19. The Bertz CT molecular complexity index is 268. The Morgan fingerprint density at radius 1 is 1.47 bits per heavy atom. The molecule has 0 fully saturated rings. The van der Waals surface area contributed by atoms with Crippen LogP contribution in [0.5, 0.6) is 0 Å². The number of aliphatic hydroxyl groups is 1. The van der Waals surface area contributed by atoms with Crippen LogP contribution in [0.2, 0.25) is 18.1 Å². The molecule has 0 saturated carbocycles. The summed E-state index contributed by atoms with van der Waals surface area (Å²) in [5.74, 6) is -0.663. The molecular weight excluding hydrogens is 236 g/mol. The number of esters is 1. The average molecular weight is 260 g/mol. The SMILES string of the molecule is C=CCOC(=O)C(O)CO[Si](C)(C)C(C)(C)C. The van der Waals surface area contributed by atoms with Crippen molar-refractivity contribution in [2.45, 2.75) is 45.0 Å². The first kappa shape index (κ1) is 16.3. The summed E-state index contributed by atoms with van der Waals surface area (Å²) in [5.41, 5.74) is 0. The quantitative estimate of drug-likeness (QED) is 0.451. The van der Waals surface area contributed by atoms with Crippen LogP contribution in [0.15, 0.2) is 12.7 Å². The van der Waals surface area contributed by atoms with E-state index in [2.05, 4.69) is 40.4 Å². The number of ether oxygens (including phenoxy) is 1. The maximum atomic E-state index is 11.3. The van der Waals surface area contributed by atoms with Gasteiger partial charge < -0.3 is 14.3 Å². The second-order valence-electron chi connectivity index (χ2n) is 5.51. The van der Waals surface area contributed by atoms with Crippen LogP contribution < -0.4 is 0 Å². The zero-order valence-electron chi connectivity index (χ0n) is 11.4. The lowest BCUT2D eigenvalue weighted by molar-refractivity contribution is -0.153. The summed E-state index contributed by atoms with van der Waals surface area (Å²) in [6, 6.07) is 0. The van der Waals surface area contributed by atoms with Gasteiger partial charge in [-0.15, -0.1) is 0 Å². The Morgan fingerprint density at radius 3 is 2.41 bits per heavy atom. The summed E-state index contributed by atoms with van der Waals surface area (Å²) < 4.78 is 10.5. The van der Waals surface area contributed by atoms with Crippen molar-refractivity contribution >= 4 is 14.3 Å². The Labute approximate surface area is 105 Å². The number of carbonyl (C=O) groups is 1. The molecule has 0 radical (unpaired) electrons. The molecule has 0 rings (SSSR count). The van der Waals surface area contributed by atoms with Crippen molar-refractivity contribution in [1.29, 1.82) is 0 Å². The molecule has 0 aliphatic rings. The molecular formula is C12H24O4Si. The van der Waals surface area contributed by atoms with E-state index in [1.165, 1.54) is 6.08 Å². The van der Waals surface area contributed by atoms with E-state index in [0.717, 1.165) is 0 Å². The molecule has 0 bridgehead atoms. The second-order valence-corrected chi connectivity index (χ2v) is 10.3. The lowest BCUT2D eigenvalue weighted by Crippen LogP contribution is -2.44. The van der Waals surface area contributed by atoms with Crippen LogP contribution in [-0.2, 0) is 14.0 Å². The topological polar surface area (TPSA) is 55.8 Å². The molecule has 0 aromatic carbocycles. The molecule has 0 saturated heterocycles. The van der Waals surface area contributed by atoms with E-state index in [-0.39, 0.29) is 18.3 Å². The molecule has 100 valence electrons. The zero-order valence-corrected chi connectivity index (χ0v) is 12.4. The summed E-state index contributed by atoms with van der Waals surface area (Å²) in [7, 11) is -1.93. The number of hydrogen-bond acceptors (Lipinski definition) is 4. The molecule has 0 aromatic heterocycles. The van der Waals surface area contributed by atoms with E-state index < -0.39 is 20.4 Å². The van der Waals surface area contributed by atoms with E-state index in [1.807, 2.05) is 0 Å². The zero-order chi connectivity index (χ0) is 13.7. The van der Waals surface area contributed by atoms with Gasteiger partial charge in [-0.25, -0.2) is 4.79 Å². The molecule has 1 unspecified atom stereocenters. The van der Waals surface area contributed by atoms with Crippen LogP contribution in [0.1, 0.15) is 20.8 Å². The molecule has 0 aliphatic heterocycles. The standard InChI is InChI=1S/C12H24O4Si/c1-7-8-15-11(14)10(13)9-16-17(5,6)12(2,3)4/h7,10,13H,1,8-9H2,2-6H3. The summed E-state index contributed by atoms with van der Waals surface area (Å²) in [6.45, 7) is 14.0. The van der Waals surface area contributed by atoms with Gasteiger partial charge >= 0.3 is 5.97 Å². The maximum Gasteiger partial charge on any atom is 0.337 e. The predicted octanol–water partition coefficient (Wildman–Crippen LogP) is 2.10. The fraction of sp³-hybridized carbons (Fsp3) is 0.750. The summed E-state index contributed by atoms with van der Waals surface area (Å²) in [4.78, 5) is 11.3. The van der Waals surface area contributed by atoms with E-state index in [9.17, 15) is 9.90 Å². The van der Waals surface area contributed by atoms with E-state index >= 15 is 0 Å². The molecule has 0 heterocycles. The first-order valence-corrected chi connectivity index (χ1v) is 8.62. The number of hydrogen-bond donors (Lipinski definition) is 1. The maximum absolute atomic E-state index is 11.3. The third kappa shape index (κ3) is 5.47. The Hall–Kier alpha value is -0.653. The summed E-state index contributed by atoms with van der Waals surface area (Å²) in [5, 5.41) is 9.62. The Morgan fingerprint density at radius 2 is 2.00 bits per heavy atom. The predicted molar refractivity (Wildman–Crippen MR) is 70.3 cm³/mol. The lowest BCUT2D eigenvalue weighted by atomic mass is 10.2. The molecule has 0 aliphatic carbocycles. The van der Waals surface area contributed by atoms with Gasteiger partial charge in [0.15, 0.2) is 14.4 Å². The second kappa shape index (κ2) is 6.33. The monoisotopic (exact) mass is 260 g/mol. The molecule has 5 heteroatoms. The molecule has 0 spiro atoms. The number of rotatable bonds is 6. The van der Waals surface area contributed by atoms with Gasteiger partial charge in [-0.3, -0.25) is 0 Å². The van der Waals surface area contributed by atoms with Gasteiger partial charge in [0, 0.05) is 0 Å². The van der Waals surface area contributed by atoms with Crippen molar-refractivity contribution in [3.63, 3.8) is 0 Å². The van der Waals surface area contributed by atoms with Crippen molar-refractivity contribution in [3.05, 3.63) is 12.7 Å². The van der Waals surface area contributed by atoms with E-state index in [0.29, 0.717) is 0 Å². The minimum atomic E-state index is -1.93. The van der Waals surface area contributed by atoms with Gasteiger partial charge in [0.25, 0.3) is 0 Å². The van der Waals surface area contributed by atoms with Gasteiger partial charge in [0.1, 0.15) is 6.61 Å². The van der Waals surface area contributed by atoms with Gasteiger partial charge in [-0.05, 0) is 18.1 Å². The highest BCUT2D eigenvalue weighted by Gasteiger charge is 2.38. The summed E-state index contributed by atoms with van der Waals surface area (Å²) >= 11 is 0. The first-order valence-electron chi connectivity index (χ1n) is 5.71. The van der Waals surface area contributed by atoms with Crippen LogP contribution in [0.25, 0.3) is 0 Å². The van der Waals surface area contributed by atoms with Crippen LogP contribution in [0, 0.1) is 0 Å². The largest absolute Gasteiger partial charge is 0.459 e. The highest BCUT2D eigenvalue weighted by Crippen LogP contribution is 2.36. The number of aliphatic hydroxyl groups excluding tert-OH is 1. The minimum absolute atomic E-state index is 0.00747. The van der Waals surface area contributed by atoms with Crippen LogP contribution in [0.4, 0.5) is 0 Å². The third-order valence-corrected chi connectivity index (χ3v) is 7.52. The first-order chi connectivity index (χ1) is 7.62. The van der Waals surface area contributed by atoms with E-state index in [4.69, 9.17) is 9.16 Å². The smallest absolute Gasteiger partial charge is 0.337 e. The molecule has 4 nitrogen and oxygen atoms in total. The van der Waals surface area contributed by atoms with Crippen molar-refractivity contribution in [3.8, 4) is 0 Å². The van der Waals surface area contributed by atoms with Crippen molar-refractivity contribution in [1.82, 2.24) is 0 Å². The highest BCUT2D eigenvalue weighted by molar-refractivity contribution is 6.74. The molecule has 0 amide bonds. The minimum Gasteiger partial charge on any atom is -0.459 e. The molecule has 1 N–H and O–H groups in total. The van der Waals surface area contributed by atoms with Crippen molar-refractivity contribution < 1.29 is 19.1 Å². The van der Waals surface area contributed by atoms with Gasteiger partial charge in [-0.1, -0.05) is 33.4 Å². The van der Waals surface area contributed by atoms with Crippen molar-refractivity contribution in [2.24, 2.45) is 0 Å². The van der Waals surface area contributed by atoms with Crippen LogP contribution >= 0.6 is 0 Å². The Kier molecular flexibility index (Phi) is 6.08. The average Bonchev–Trinajstić information content (AvgIpc) is 2.20. The normalized spacial score (nSPS) is 14.2. The van der Waals surface area contributed by atoms with Crippen LogP contribution in [0.3, 0.4) is 0 Å². The fourth-order valence-electron chi connectivity index (χ4n) is 0.809. The van der Waals surface area contributed by atoms with Gasteiger partial charge in [0.2, 0.25) is 0 Å². The lowest BCUT2D eigenvalue weighted by Gasteiger charge is -2.36.